The Bertz CT molecular complexity index is 908. The molecular formula is C18H18N6OS. The highest BCUT2D eigenvalue weighted by atomic mass is 32.1. The summed E-state index contributed by atoms with van der Waals surface area (Å²) in [5, 5.41) is 15.1. The fourth-order valence-corrected chi connectivity index (χ4v) is 3.72. The van der Waals surface area contributed by atoms with Crippen LogP contribution in [-0.4, -0.2) is 46.2 Å². The van der Waals surface area contributed by atoms with Gasteiger partial charge in [-0.1, -0.05) is 17.3 Å². The SMILES string of the molecule is CC(c1nc(-c2cccs2)no1)N1CCN(c2cccc(C#N)n2)CC1. The minimum atomic E-state index is 0.0664. The van der Waals surface area contributed by atoms with Crippen LogP contribution < -0.4 is 4.90 Å². The largest absolute Gasteiger partial charge is 0.354 e. The number of hydrogen-bond acceptors (Lipinski definition) is 8. The molecule has 0 bridgehead atoms. The van der Waals surface area contributed by atoms with Crippen molar-refractivity contribution in [2.24, 2.45) is 0 Å². The van der Waals surface area contributed by atoms with Crippen molar-refractivity contribution in [2.45, 2.75) is 13.0 Å². The Balaban J connectivity index is 1.40. The second kappa shape index (κ2) is 7.23. The highest BCUT2D eigenvalue weighted by Gasteiger charge is 2.26. The first-order chi connectivity index (χ1) is 12.7. The summed E-state index contributed by atoms with van der Waals surface area (Å²) in [5.41, 5.74) is 0.449. The van der Waals surface area contributed by atoms with Gasteiger partial charge in [-0.05, 0) is 30.5 Å². The number of aromatic nitrogens is 3. The van der Waals surface area contributed by atoms with Crippen LogP contribution in [0.25, 0.3) is 10.7 Å². The maximum absolute atomic E-state index is 9.01. The van der Waals surface area contributed by atoms with Crippen molar-refractivity contribution in [3.63, 3.8) is 0 Å². The maximum Gasteiger partial charge on any atom is 0.244 e. The number of nitriles is 1. The lowest BCUT2D eigenvalue weighted by molar-refractivity contribution is 0.164. The third-order valence-corrected chi connectivity index (χ3v) is 5.44. The predicted molar refractivity (Wildman–Crippen MR) is 98.8 cm³/mol. The lowest BCUT2D eigenvalue weighted by Crippen LogP contribution is -2.47. The minimum Gasteiger partial charge on any atom is -0.354 e. The van der Waals surface area contributed by atoms with Crippen molar-refractivity contribution < 1.29 is 4.52 Å². The molecule has 0 aliphatic carbocycles. The Hall–Kier alpha value is -2.76. The first kappa shape index (κ1) is 16.7. The van der Waals surface area contributed by atoms with E-state index in [1.54, 1.807) is 17.4 Å². The number of rotatable bonds is 4. The molecular weight excluding hydrogens is 348 g/mol. The fourth-order valence-electron chi connectivity index (χ4n) is 3.07. The summed E-state index contributed by atoms with van der Waals surface area (Å²) in [7, 11) is 0. The summed E-state index contributed by atoms with van der Waals surface area (Å²) in [4.78, 5) is 14.5. The Morgan fingerprint density at radius 2 is 2.00 bits per heavy atom. The Kier molecular flexibility index (Phi) is 4.65. The summed E-state index contributed by atoms with van der Waals surface area (Å²) < 4.78 is 5.49. The van der Waals surface area contributed by atoms with Gasteiger partial charge in [0.25, 0.3) is 0 Å². The molecule has 0 radical (unpaired) electrons. The van der Waals surface area contributed by atoms with E-state index in [0.29, 0.717) is 17.4 Å². The topological polar surface area (TPSA) is 82.1 Å². The second-order valence-electron chi connectivity index (χ2n) is 6.13. The van der Waals surface area contributed by atoms with Crippen LogP contribution in [0.2, 0.25) is 0 Å². The molecule has 8 heteroatoms. The molecule has 26 heavy (non-hydrogen) atoms. The lowest BCUT2D eigenvalue weighted by atomic mass is 10.2. The van der Waals surface area contributed by atoms with E-state index in [9.17, 15) is 0 Å². The van der Waals surface area contributed by atoms with Crippen molar-refractivity contribution in [2.75, 3.05) is 31.1 Å². The van der Waals surface area contributed by atoms with Crippen LogP contribution in [0, 0.1) is 11.3 Å². The molecule has 0 spiro atoms. The molecule has 4 heterocycles. The Morgan fingerprint density at radius 1 is 1.15 bits per heavy atom. The van der Waals surface area contributed by atoms with Gasteiger partial charge < -0.3 is 9.42 Å². The number of hydrogen-bond donors (Lipinski definition) is 0. The maximum atomic E-state index is 9.01. The zero-order chi connectivity index (χ0) is 17.9. The zero-order valence-corrected chi connectivity index (χ0v) is 15.2. The van der Waals surface area contributed by atoms with Crippen LogP contribution >= 0.6 is 11.3 Å². The van der Waals surface area contributed by atoms with Gasteiger partial charge in [0.1, 0.15) is 17.6 Å². The normalized spacial score (nSPS) is 16.4. The van der Waals surface area contributed by atoms with Crippen molar-refractivity contribution in [3.05, 3.63) is 47.3 Å². The molecule has 3 aromatic rings. The number of piperazine rings is 1. The van der Waals surface area contributed by atoms with Crippen LogP contribution in [0.4, 0.5) is 5.82 Å². The number of nitrogens with zero attached hydrogens (tertiary/aromatic N) is 6. The van der Waals surface area contributed by atoms with Gasteiger partial charge in [-0.25, -0.2) is 4.98 Å². The molecule has 0 saturated carbocycles. The highest BCUT2D eigenvalue weighted by molar-refractivity contribution is 7.13. The average Bonchev–Trinajstić information content (AvgIpc) is 3.39. The molecule has 1 saturated heterocycles. The molecule has 3 aromatic heterocycles. The van der Waals surface area contributed by atoms with Gasteiger partial charge >= 0.3 is 0 Å². The van der Waals surface area contributed by atoms with E-state index < -0.39 is 0 Å². The molecule has 7 nitrogen and oxygen atoms in total. The van der Waals surface area contributed by atoms with Gasteiger partial charge in [0.15, 0.2) is 0 Å². The van der Waals surface area contributed by atoms with Gasteiger partial charge in [-0.3, -0.25) is 4.90 Å². The van der Waals surface area contributed by atoms with E-state index in [2.05, 4.69) is 37.9 Å². The third kappa shape index (κ3) is 3.31. The molecule has 0 aromatic carbocycles. The molecule has 4 rings (SSSR count). The van der Waals surface area contributed by atoms with Crippen molar-refractivity contribution in [1.82, 2.24) is 20.0 Å². The molecule has 1 fully saturated rings. The Labute approximate surface area is 155 Å². The first-order valence-corrected chi connectivity index (χ1v) is 9.36. The van der Waals surface area contributed by atoms with Crippen molar-refractivity contribution in [3.8, 4) is 16.8 Å². The van der Waals surface area contributed by atoms with Gasteiger partial charge in [0.05, 0.1) is 10.9 Å². The van der Waals surface area contributed by atoms with E-state index in [0.717, 1.165) is 36.9 Å². The molecule has 1 atom stereocenters. The number of thiophene rings is 1. The first-order valence-electron chi connectivity index (χ1n) is 8.48. The van der Waals surface area contributed by atoms with Gasteiger partial charge in [0, 0.05) is 26.2 Å². The fraction of sp³-hybridized carbons (Fsp3) is 0.333. The lowest BCUT2D eigenvalue weighted by Gasteiger charge is -2.37. The smallest absolute Gasteiger partial charge is 0.244 e. The summed E-state index contributed by atoms with van der Waals surface area (Å²) >= 11 is 1.60. The molecule has 1 aliphatic rings. The van der Waals surface area contributed by atoms with Gasteiger partial charge in [0.2, 0.25) is 11.7 Å². The van der Waals surface area contributed by atoms with Crippen molar-refractivity contribution in [1.29, 1.82) is 5.26 Å². The van der Waals surface area contributed by atoms with Crippen LogP contribution in [-0.2, 0) is 0 Å². The van der Waals surface area contributed by atoms with Crippen LogP contribution in [0.3, 0.4) is 0 Å². The van der Waals surface area contributed by atoms with E-state index in [1.807, 2.05) is 29.6 Å². The van der Waals surface area contributed by atoms with E-state index in [1.165, 1.54) is 0 Å². The quantitative estimate of drug-likeness (QED) is 0.702. The summed E-state index contributed by atoms with van der Waals surface area (Å²) in [6.45, 7) is 5.53. The summed E-state index contributed by atoms with van der Waals surface area (Å²) in [6.07, 6.45) is 0. The van der Waals surface area contributed by atoms with Crippen molar-refractivity contribution >= 4 is 17.2 Å². The van der Waals surface area contributed by atoms with Crippen LogP contribution in [0.15, 0.2) is 40.2 Å². The minimum absolute atomic E-state index is 0.0664. The standard InChI is InChI=1S/C18H18N6OS/c1-13(18-21-17(22-25-18)15-5-3-11-26-15)23-7-9-24(10-8-23)16-6-2-4-14(12-19)20-16/h2-6,11,13H,7-10H2,1H3. The molecule has 132 valence electrons. The molecule has 0 N–H and O–H groups in total. The van der Waals surface area contributed by atoms with E-state index in [-0.39, 0.29) is 6.04 Å². The third-order valence-electron chi connectivity index (χ3n) is 4.58. The van der Waals surface area contributed by atoms with Crippen LogP contribution in [0.1, 0.15) is 24.6 Å². The highest BCUT2D eigenvalue weighted by Crippen LogP contribution is 2.26. The summed E-state index contributed by atoms with van der Waals surface area (Å²) in [5.74, 6) is 2.15. The Morgan fingerprint density at radius 3 is 2.73 bits per heavy atom. The monoisotopic (exact) mass is 366 g/mol. The van der Waals surface area contributed by atoms with E-state index in [4.69, 9.17) is 9.78 Å². The number of pyridine rings is 1. The van der Waals surface area contributed by atoms with Crippen LogP contribution in [0.5, 0.6) is 0 Å². The molecule has 0 amide bonds. The second-order valence-corrected chi connectivity index (χ2v) is 7.07. The number of anilines is 1. The van der Waals surface area contributed by atoms with Gasteiger partial charge in [-0.15, -0.1) is 11.3 Å². The van der Waals surface area contributed by atoms with E-state index >= 15 is 0 Å². The molecule has 1 aliphatic heterocycles. The molecule has 1 unspecified atom stereocenters. The average molecular weight is 366 g/mol. The summed E-state index contributed by atoms with van der Waals surface area (Å²) in [6, 6.07) is 11.7. The zero-order valence-electron chi connectivity index (χ0n) is 14.4. The predicted octanol–water partition coefficient (Wildman–Crippen LogP) is 2.95. The van der Waals surface area contributed by atoms with Gasteiger partial charge in [-0.2, -0.15) is 10.2 Å².